The molecule has 0 radical (unpaired) electrons. The summed E-state index contributed by atoms with van der Waals surface area (Å²) in [4.78, 5) is 0. The van der Waals surface area contributed by atoms with Gasteiger partial charge in [-0.3, -0.25) is 0 Å². The standard InChI is InChI=1S/C42H26N2O/c1-3-11-28(12-4-1)43-37-17-9-8-16-31(37)36-25-27(19-22-39(36)43)35-26-40-34(23-24-45-40)41-32(35)20-21-33-30-15-7-10-18-38(30)44(42(33)41)29-13-5-2-6-14-29/h1-26H. The molecule has 7 aromatic carbocycles. The Morgan fingerprint density at radius 1 is 0.400 bits per heavy atom. The van der Waals surface area contributed by atoms with Crippen LogP contribution in [0.1, 0.15) is 0 Å². The molecule has 0 amide bonds. The van der Waals surface area contributed by atoms with Crippen LogP contribution < -0.4 is 0 Å². The Kier molecular flexibility index (Phi) is 5.00. The molecule has 45 heavy (non-hydrogen) atoms. The van der Waals surface area contributed by atoms with Gasteiger partial charge in [0.15, 0.2) is 0 Å². The van der Waals surface area contributed by atoms with E-state index in [2.05, 4.69) is 161 Å². The molecule has 0 bridgehead atoms. The molecular formula is C42H26N2O. The predicted octanol–water partition coefficient (Wildman–Crippen LogP) is 11.4. The summed E-state index contributed by atoms with van der Waals surface area (Å²) in [5.41, 5.74) is 10.3. The Hall–Kier alpha value is -6.06. The lowest BCUT2D eigenvalue weighted by molar-refractivity contribution is 0.616. The molecule has 0 aliphatic heterocycles. The molecule has 3 heterocycles. The van der Waals surface area contributed by atoms with Crippen molar-refractivity contribution in [1.29, 1.82) is 0 Å². The van der Waals surface area contributed by atoms with Crippen molar-refractivity contribution in [2.75, 3.05) is 0 Å². The van der Waals surface area contributed by atoms with Gasteiger partial charge in [0.05, 0.1) is 28.3 Å². The number of nitrogens with zero attached hydrogens (tertiary/aromatic N) is 2. The number of benzene rings is 7. The van der Waals surface area contributed by atoms with E-state index >= 15 is 0 Å². The molecule has 0 saturated heterocycles. The van der Waals surface area contributed by atoms with Gasteiger partial charge in [0.25, 0.3) is 0 Å². The van der Waals surface area contributed by atoms with Gasteiger partial charge in [-0.15, -0.1) is 0 Å². The minimum absolute atomic E-state index is 0.890. The van der Waals surface area contributed by atoms with Crippen molar-refractivity contribution in [2.24, 2.45) is 0 Å². The number of hydrogen-bond acceptors (Lipinski definition) is 1. The zero-order valence-electron chi connectivity index (χ0n) is 24.3. The second-order valence-electron chi connectivity index (χ2n) is 11.7. The highest BCUT2D eigenvalue weighted by Crippen LogP contribution is 2.44. The fraction of sp³-hybridized carbons (Fsp3) is 0. The molecule has 10 rings (SSSR count). The predicted molar refractivity (Wildman–Crippen MR) is 188 cm³/mol. The maximum atomic E-state index is 6.16. The quantitative estimate of drug-likeness (QED) is 0.206. The van der Waals surface area contributed by atoms with Gasteiger partial charge < -0.3 is 13.6 Å². The zero-order chi connectivity index (χ0) is 29.5. The van der Waals surface area contributed by atoms with Crippen LogP contribution in [0, 0.1) is 0 Å². The Morgan fingerprint density at radius 2 is 1.00 bits per heavy atom. The molecular weight excluding hydrogens is 548 g/mol. The van der Waals surface area contributed by atoms with E-state index in [9.17, 15) is 0 Å². The van der Waals surface area contributed by atoms with E-state index < -0.39 is 0 Å². The van der Waals surface area contributed by atoms with Gasteiger partial charge in [0.2, 0.25) is 0 Å². The van der Waals surface area contributed by atoms with Crippen LogP contribution >= 0.6 is 0 Å². The summed E-state index contributed by atoms with van der Waals surface area (Å²) < 4.78 is 10.9. The third-order valence-corrected chi connectivity index (χ3v) is 9.38. The first kappa shape index (κ1) is 24.4. The van der Waals surface area contributed by atoms with Crippen LogP contribution in [0.5, 0.6) is 0 Å². The molecule has 0 aliphatic rings. The average Bonchev–Trinajstić information content (AvgIpc) is 3.81. The number of para-hydroxylation sites is 4. The van der Waals surface area contributed by atoms with E-state index in [1.807, 2.05) is 6.26 Å². The number of aromatic nitrogens is 2. The van der Waals surface area contributed by atoms with Crippen molar-refractivity contribution in [2.45, 2.75) is 0 Å². The largest absolute Gasteiger partial charge is 0.464 e. The van der Waals surface area contributed by atoms with Crippen LogP contribution in [-0.2, 0) is 0 Å². The molecule has 3 nitrogen and oxygen atoms in total. The fourth-order valence-corrected chi connectivity index (χ4v) is 7.48. The lowest BCUT2D eigenvalue weighted by Gasteiger charge is -2.13. The van der Waals surface area contributed by atoms with Gasteiger partial charge in [-0.2, -0.15) is 0 Å². The molecule has 10 aromatic rings. The van der Waals surface area contributed by atoms with E-state index in [0.717, 1.165) is 27.9 Å². The molecule has 3 aromatic heterocycles. The van der Waals surface area contributed by atoms with Gasteiger partial charge >= 0.3 is 0 Å². The van der Waals surface area contributed by atoms with E-state index in [4.69, 9.17) is 4.42 Å². The number of rotatable bonds is 3. The van der Waals surface area contributed by atoms with Crippen molar-refractivity contribution in [3.63, 3.8) is 0 Å². The van der Waals surface area contributed by atoms with Crippen LogP contribution in [0.2, 0.25) is 0 Å². The van der Waals surface area contributed by atoms with Gasteiger partial charge in [-0.25, -0.2) is 0 Å². The summed E-state index contributed by atoms with van der Waals surface area (Å²) in [6, 6.07) is 54.6. The number of fused-ring (bicyclic) bond motifs is 10. The van der Waals surface area contributed by atoms with E-state index in [1.165, 1.54) is 59.9 Å². The Labute approximate surface area is 258 Å². The normalized spacial score (nSPS) is 12.0. The highest BCUT2D eigenvalue weighted by atomic mass is 16.3. The summed E-state index contributed by atoms with van der Waals surface area (Å²) >= 11 is 0. The van der Waals surface area contributed by atoms with Crippen molar-refractivity contribution in [1.82, 2.24) is 9.13 Å². The van der Waals surface area contributed by atoms with Crippen LogP contribution in [-0.4, -0.2) is 9.13 Å². The molecule has 0 fully saturated rings. The summed E-state index contributed by atoms with van der Waals surface area (Å²) in [6.45, 7) is 0. The first-order valence-electron chi connectivity index (χ1n) is 15.4. The smallest absolute Gasteiger partial charge is 0.135 e. The van der Waals surface area contributed by atoms with Crippen LogP contribution in [0.4, 0.5) is 0 Å². The van der Waals surface area contributed by atoms with Gasteiger partial charge in [0.1, 0.15) is 5.58 Å². The monoisotopic (exact) mass is 574 g/mol. The molecule has 0 saturated carbocycles. The van der Waals surface area contributed by atoms with E-state index in [1.54, 1.807) is 0 Å². The molecule has 3 heteroatoms. The van der Waals surface area contributed by atoms with Crippen LogP contribution in [0.3, 0.4) is 0 Å². The van der Waals surface area contributed by atoms with Gasteiger partial charge in [-0.05, 0) is 77.2 Å². The molecule has 210 valence electrons. The zero-order valence-corrected chi connectivity index (χ0v) is 24.3. The van der Waals surface area contributed by atoms with Gasteiger partial charge in [-0.1, -0.05) is 91.0 Å². The Bertz CT molecular complexity index is 2740. The highest BCUT2D eigenvalue weighted by Gasteiger charge is 2.20. The molecule has 0 aliphatic carbocycles. The van der Waals surface area contributed by atoms with Crippen molar-refractivity contribution < 1.29 is 4.42 Å². The van der Waals surface area contributed by atoms with Crippen LogP contribution in [0.15, 0.2) is 162 Å². The van der Waals surface area contributed by atoms with Crippen molar-refractivity contribution in [3.05, 3.63) is 158 Å². The Balaban J connectivity index is 1.33. The number of hydrogen-bond donors (Lipinski definition) is 0. The molecule has 0 spiro atoms. The third kappa shape index (κ3) is 3.41. The molecule has 0 atom stereocenters. The second kappa shape index (κ2) is 9.22. The second-order valence-corrected chi connectivity index (χ2v) is 11.7. The first-order valence-corrected chi connectivity index (χ1v) is 15.4. The van der Waals surface area contributed by atoms with Crippen molar-refractivity contribution in [3.8, 4) is 22.5 Å². The summed E-state index contributed by atoms with van der Waals surface area (Å²) in [5.74, 6) is 0. The lowest BCUT2D eigenvalue weighted by Crippen LogP contribution is -1.95. The third-order valence-electron chi connectivity index (χ3n) is 9.38. The summed E-state index contributed by atoms with van der Waals surface area (Å²) in [6.07, 6.45) is 1.82. The molecule has 0 N–H and O–H groups in total. The SMILES string of the molecule is c1ccc(-n2c3ccccc3c3cc(-c4cc5occc5c5c4ccc4c6ccccc6n(-c6ccccc6)c45)ccc32)cc1. The minimum atomic E-state index is 0.890. The lowest BCUT2D eigenvalue weighted by atomic mass is 9.93. The molecule has 0 unspecified atom stereocenters. The first-order chi connectivity index (χ1) is 22.3. The summed E-state index contributed by atoms with van der Waals surface area (Å²) in [7, 11) is 0. The maximum Gasteiger partial charge on any atom is 0.135 e. The minimum Gasteiger partial charge on any atom is -0.464 e. The van der Waals surface area contributed by atoms with Gasteiger partial charge in [0, 0.05) is 43.7 Å². The topological polar surface area (TPSA) is 23.0 Å². The average molecular weight is 575 g/mol. The maximum absolute atomic E-state index is 6.16. The highest BCUT2D eigenvalue weighted by molar-refractivity contribution is 6.27. The van der Waals surface area contributed by atoms with Crippen molar-refractivity contribution >= 4 is 65.4 Å². The van der Waals surface area contributed by atoms with E-state index in [0.29, 0.717) is 0 Å². The van der Waals surface area contributed by atoms with Crippen LogP contribution in [0.25, 0.3) is 87.9 Å². The number of furan rings is 1. The fourth-order valence-electron chi connectivity index (χ4n) is 7.48. The van der Waals surface area contributed by atoms with E-state index in [-0.39, 0.29) is 0 Å². The summed E-state index contributed by atoms with van der Waals surface area (Å²) in [5, 5.41) is 8.51. The Morgan fingerprint density at radius 3 is 1.76 bits per heavy atom.